The number of esters is 1. The van der Waals surface area contributed by atoms with Gasteiger partial charge in [-0.05, 0) is 78.3 Å². The number of carbonyl (C=O) groups excluding carboxylic acids is 2. The number of phenolic OH excluding ortho intramolecular Hbond substituents is 3. The Bertz CT molecular complexity index is 1390. The molecule has 0 bridgehead atoms. The highest BCUT2D eigenvalue weighted by molar-refractivity contribution is 7.98. The molecule has 0 heterocycles. The first-order valence-corrected chi connectivity index (χ1v) is 12.0. The number of benzene rings is 2. The number of ether oxygens (including phenoxy) is 1. The molecule has 35 heavy (non-hydrogen) atoms. The van der Waals surface area contributed by atoms with E-state index in [1.54, 1.807) is 18.4 Å². The van der Waals surface area contributed by atoms with E-state index in [4.69, 9.17) is 4.74 Å². The Hall–Kier alpha value is -3.98. The molecule has 3 aromatic rings. The molecule has 1 aliphatic rings. The normalized spacial score (nSPS) is 14.3. The van der Waals surface area contributed by atoms with E-state index in [1.807, 2.05) is 0 Å². The number of thioether (sulfide) groups is 1. The summed E-state index contributed by atoms with van der Waals surface area (Å²) >= 11 is 1.27. The molecule has 0 radical (unpaired) electrons. The number of fused-ring (bicyclic) bond motifs is 3. The highest BCUT2D eigenvalue weighted by Crippen LogP contribution is 2.48. The van der Waals surface area contributed by atoms with Crippen LogP contribution in [0.5, 0.6) is 23.0 Å². The lowest BCUT2D eigenvalue weighted by Crippen LogP contribution is -2.29. The molecular weight excluding hydrogens is 470 g/mol. The summed E-state index contributed by atoms with van der Waals surface area (Å²) in [6.45, 7) is 1.28. The molecule has 4 rings (SSSR count). The molecule has 0 aliphatic heterocycles. The van der Waals surface area contributed by atoms with Crippen LogP contribution in [0.4, 0.5) is 0 Å². The highest BCUT2D eigenvalue weighted by Gasteiger charge is 2.28. The number of aryl methyl sites for hydroxylation is 1. The standard InChI is InChI=1S/C26H23NO7S/c1-13(28)34-16-6-3-14(4-7-16)26(33)27-19-9-5-15-11-21(30)24(31)25(32)23(15)17-8-10-22(35-2)20(29)12-18(17)19/h3-4,6-8,10-12,19,30-32H,5,9H2,1-2H3,(H,27,33). The van der Waals surface area contributed by atoms with E-state index in [1.165, 1.54) is 55.1 Å². The number of phenols is 3. The maximum atomic E-state index is 13.1. The van der Waals surface area contributed by atoms with Crippen LogP contribution in [0.3, 0.4) is 0 Å². The van der Waals surface area contributed by atoms with Gasteiger partial charge in [0.05, 0.1) is 10.9 Å². The minimum absolute atomic E-state index is 0.241. The third kappa shape index (κ3) is 4.81. The molecule has 4 N–H and O–H groups in total. The van der Waals surface area contributed by atoms with Gasteiger partial charge in [0.2, 0.25) is 5.75 Å². The van der Waals surface area contributed by atoms with Gasteiger partial charge in [0.15, 0.2) is 16.9 Å². The van der Waals surface area contributed by atoms with Gasteiger partial charge in [-0.3, -0.25) is 14.4 Å². The quantitative estimate of drug-likeness (QED) is 0.186. The van der Waals surface area contributed by atoms with E-state index in [2.05, 4.69) is 5.32 Å². The van der Waals surface area contributed by atoms with Crippen LogP contribution < -0.4 is 15.5 Å². The van der Waals surface area contributed by atoms with Gasteiger partial charge in [-0.1, -0.05) is 6.07 Å². The van der Waals surface area contributed by atoms with Crippen molar-refractivity contribution in [3.05, 3.63) is 75.4 Å². The van der Waals surface area contributed by atoms with Gasteiger partial charge >= 0.3 is 5.97 Å². The fourth-order valence-corrected chi connectivity index (χ4v) is 4.66. The first-order chi connectivity index (χ1) is 16.7. The molecule has 0 aromatic heterocycles. The SMILES string of the molecule is CSc1ccc2c(cc1=O)C(NC(=O)c1ccc(OC(C)=O)cc1)CCc1cc(O)c(O)c(O)c1-2. The summed E-state index contributed by atoms with van der Waals surface area (Å²) < 4.78 is 5.00. The first-order valence-electron chi connectivity index (χ1n) is 10.8. The lowest BCUT2D eigenvalue weighted by Gasteiger charge is -2.19. The fourth-order valence-electron chi connectivity index (χ4n) is 4.19. The molecule has 180 valence electrons. The maximum Gasteiger partial charge on any atom is 0.308 e. The number of hydrogen-bond donors (Lipinski definition) is 4. The van der Waals surface area contributed by atoms with Gasteiger partial charge in [0, 0.05) is 18.1 Å². The molecule has 0 fully saturated rings. The topological polar surface area (TPSA) is 133 Å². The zero-order valence-corrected chi connectivity index (χ0v) is 19.8. The van der Waals surface area contributed by atoms with Gasteiger partial charge in [0.25, 0.3) is 5.91 Å². The Morgan fingerprint density at radius 3 is 2.40 bits per heavy atom. The summed E-state index contributed by atoms with van der Waals surface area (Å²) in [5, 5.41) is 33.9. The average molecular weight is 494 g/mol. The largest absolute Gasteiger partial charge is 0.504 e. The number of nitrogens with one attached hydrogen (secondary N) is 1. The van der Waals surface area contributed by atoms with Gasteiger partial charge in [-0.2, -0.15) is 0 Å². The van der Waals surface area contributed by atoms with Crippen LogP contribution in [-0.4, -0.2) is 33.5 Å². The number of carbonyl (C=O) groups is 2. The van der Waals surface area contributed by atoms with Crippen LogP contribution >= 0.6 is 11.8 Å². The summed E-state index contributed by atoms with van der Waals surface area (Å²) in [7, 11) is 0. The number of hydrogen-bond acceptors (Lipinski definition) is 8. The van der Waals surface area contributed by atoms with Gasteiger partial charge in [-0.15, -0.1) is 11.8 Å². The second-order valence-corrected chi connectivity index (χ2v) is 8.94. The van der Waals surface area contributed by atoms with Crippen LogP contribution in [0.15, 0.2) is 58.2 Å². The molecule has 1 aliphatic carbocycles. The second kappa shape index (κ2) is 9.71. The van der Waals surface area contributed by atoms with E-state index in [-0.39, 0.29) is 5.43 Å². The van der Waals surface area contributed by atoms with Gasteiger partial charge < -0.3 is 25.4 Å². The minimum atomic E-state index is -0.649. The highest BCUT2D eigenvalue weighted by atomic mass is 32.2. The lowest BCUT2D eigenvalue weighted by molar-refractivity contribution is -0.131. The van der Waals surface area contributed by atoms with Crippen LogP contribution in [-0.2, 0) is 11.2 Å². The van der Waals surface area contributed by atoms with Crippen molar-refractivity contribution in [2.24, 2.45) is 0 Å². The van der Waals surface area contributed by atoms with E-state index in [0.717, 1.165) is 0 Å². The van der Waals surface area contributed by atoms with Crippen molar-refractivity contribution in [1.29, 1.82) is 0 Å². The lowest BCUT2D eigenvalue weighted by atomic mass is 9.95. The van der Waals surface area contributed by atoms with Crippen molar-refractivity contribution in [3.8, 4) is 34.1 Å². The van der Waals surface area contributed by atoms with Gasteiger partial charge in [-0.25, -0.2) is 0 Å². The maximum absolute atomic E-state index is 13.1. The van der Waals surface area contributed by atoms with E-state index in [0.29, 0.717) is 51.3 Å². The zero-order valence-electron chi connectivity index (χ0n) is 19.0. The zero-order chi connectivity index (χ0) is 25.3. The minimum Gasteiger partial charge on any atom is -0.504 e. The molecule has 0 spiro atoms. The number of aromatic hydroxyl groups is 3. The molecule has 0 saturated carbocycles. The smallest absolute Gasteiger partial charge is 0.308 e. The summed E-state index contributed by atoms with van der Waals surface area (Å²) in [6.07, 6.45) is 2.50. The Morgan fingerprint density at radius 2 is 1.74 bits per heavy atom. The Labute approximate surface area is 205 Å². The molecule has 3 aromatic carbocycles. The molecule has 1 unspecified atom stereocenters. The molecular formula is C26H23NO7S. The second-order valence-electron chi connectivity index (χ2n) is 8.09. The van der Waals surface area contributed by atoms with E-state index < -0.39 is 35.2 Å². The Morgan fingerprint density at radius 1 is 1.03 bits per heavy atom. The van der Waals surface area contributed by atoms with Crippen molar-refractivity contribution < 1.29 is 29.6 Å². The molecule has 9 heteroatoms. The third-order valence-corrected chi connectivity index (χ3v) is 6.61. The van der Waals surface area contributed by atoms with Crippen LogP contribution in [0.25, 0.3) is 11.1 Å². The van der Waals surface area contributed by atoms with Crippen molar-refractivity contribution in [1.82, 2.24) is 5.32 Å². The number of rotatable bonds is 4. The van der Waals surface area contributed by atoms with Crippen LogP contribution in [0, 0.1) is 0 Å². The van der Waals surface area contributed by atoms with E-state index >= 15 is 0 Å². The average Bonchev–Trinajstić information content (AvgIpc) is 3.06. The summed E-state index contributed by atoms with van der Waals surface area (Å²) in [6, 6.07) is 11.6. The van der Waals surface area contributed by atoms with Crippen LogP contribution in [0.2, 0.25) is 0 Å². The molecule has 0 saturated heterocycles. The fraction of sp³-hybridized carbons (Fsp3) is 0.192. The monoisotopic (exact) mass is 493 g/mol. The third-order valence-electron chi connectivity index (χ3n) is 5.83. The number of amides is 1. The van der Waals surface area contributed by atoms with Crippen molar-refractivity contribution in [3.63, 3.8) is 0 Å². The Balaban J connectivity index is 1.79. The molecule has 1 atom stereocenters. The molecule has 1 amide bonds. The van der Waals surface area contributed by atoms with Gasteiger partial charge in [0.1, 0.15) is 5.75 Å². The van der Waals surface area contributed by atoms with E-state index in [9.17, 15) is 29.7 Å². The summed E-state index contributed by atoms with van der Waals surface area (Å²) in [5.41, 5.74) is 1.92. The summed E-state index contributed by atoms with van der Waals surface area (Å²) in [5.74, 6) is -2.15. The first kappa shape index (κ1) is 24.2. The van der Waals surface area contributed by atoms with Crippen molar-refractivity contribution in [2.75, 3.05) is 6.26 Å². The van der Waals surface area contributed by atoms with Crippen LogP contribution in [0.1, 0.15) is 40.9 Å². The predicted molar refractivity (Wildman–Crippen MR) is 131 cm³/mol. The predicted octanol–water partition coefficient (Wildman–Crippen LogP) is 3.90. The Kier molecular flexibility index (Phi) is 6.70. The van der Waals surface area contributed by atoms with Crippen molar-refractivity contribution >= 4 is 23.6 Å². The van der Waals surface area contributed by atoms with Crippen molar-refractivity contribution in [2.45, 2.75) is 30.7 Å². The molecule has 8 nitrogen and oxygen atoms in total. The summed E-state index contributed by atoms with van der Waals surface area (Å²) in [4.78, 5) is 37.5.